The zero-order valence-corrected chi connectivity index (χ0v) is 26.0. The number of nitrogens with one attached hydrogen (secondary N) is 1. The van der Waals surface area contributed by atoms with E-state index in [9.17, 15) is 4.79 Å². The topological polar surface area (TPSA) is 84.1 Å². The van der Waals surface area contributed by atoms with Crippen molar-refractivity contribution in [2.45, 2.75) is 52.6 Å². The molecule has 0 aliphatic carbocycles. The lowest BCUT2D eigenvalue weighted by atomic mass is 9.80. The monoisotopic (exact) mass is 580 g/mol. The van der Waals surface area contributed by atoms with E-state index in [4.69, 9.17) is 10.1 Å². The van der Waals surface area contributed by atoms with Crippen molar-refractivity contribution in [2.24, 2.45) is 24.8 Å². The summed E-state index contributed by atoms with van der Waals surface area (Å²) in [5.74, 6) is 2.34. The molecule has 43 heavy (non-hydrogen) atoms. The summed E-state index contributed by atoms with van der Waals surface area (Å²) in [7, 11) is 1.92. The summed E-state index contributed by atoms with van der Waals surface area (Å²) in [6.45, 7) is 13.6. The number of hydrogen-bond donors (Lipinski definition) is 1. The Labute approximate surface area is 254 Å². The van der Waals surface area contributed by atoms with Crippen molar-refractivity contribution >= 4 is 16.7 Å². The number of hydrogen-bond acceptors (Lipinski definition) is 6. The van der Waals surface area contributed by atoms with Crippen molar-refractivity contribution < 1.29 is 4.79 Å². The fourth-order valence-corrected chi connectivity index (χ4v) is 7.73. The van der Waals surface area contributed by atoms with Crippen LogP contribution in [0.1, 0.15) is 50.9 Å². The molecule has 6 heterocycles. The van der Waals surface area contributed by atoms with E-state index in [1.165, 1.54) is 17.8 Å². The number of rotatable bonds is 5. The van der Waals surface area contributed by atoms with E-state index >= 15 is 0 Å². The number of piperidine rings is 2. The molecule has 226 valence electrons. The Morgan fingerprint density at radius 3 is 2.58 bits per heavy atom. The highest BCUT2D eigenvalue weighted by Gasteiger charge is 2.34. The Bertz CT molecular complexity index is 1620. The highest BCUT2D eigenvalue weighted by Crippen LogP contribution is 2.38. The van der Waals surface area contributed by atoms with Crippen molar-refractivity contribution in [3.63, 3.8) is 0 Å². The van der Waals surface area contributed by atoms with Gasteiger partial charge in [0.1, 0.15) is 0 Å². The van der Waals surface area contributed by atoms with Gasteiger partial charge in [-0.25, -0.2) is 0 Å². The minimum Gasteiger partial charge on any atom is -0.338 e. The van der Waals surface area contributed by atoms with Crippen LogP contribution in [-0.2, 0) is 24.8 Å². The van der Waals surface area contributed by atoms with Crippen LogP contribution in [0.15, 0.2) is 42.9 Å². The first-order valence-corrected chi connectivity index (χ1v) is 16.0. The number of aromatic nitrogens is 5. The van der Waals surface area contributed by atoms with Gasteiger partial charge >= 0.3 is 0 Å². The third kappa shape index (κ3) is 5.38. The van der Waals surface area contributed by atoms with Gasteiger partial charge < -0.3 is 15.1 Å². The molecular formula is C34H44N8O. The standard InChI is InChI=1S/C34H44N8O/c1-22-15-35-16-23(2)30(22)20-40-11-8-27(9-12-40)42-33-10-13-41(24(3)43)21-31(33)34(38-42)28-7-5-6-25-14-32(36-18-29(25)28)26-17-37-39(4)19-26/h5-7,14,17-19,22-23,27,30,35H,8-13,15-16,20-21H2,1-4H3. The first-order chi connectivity index (χ1) is 20.9. The first-order valence-electron chi connectivity index (χ1n) is 16.0. The van der Waals surface area contributed by atoms with Crippen LogP contribution in [0.2, 0.25) is 0 Å². The van der Waals surface area contributed by atoms with E-state index in [1.54, 1.807) is 11.6 Å². The molecule has 0 saturated carbocycles. The van der Waals surface area contributed by atoms with Crippen LogP contribution in [0.3, 0.4) is 0 Å². The highest BCUT2D eigenvalue weighted by atomic mass is 16.2. The number of likely N-dealkylation sites (tertiary alicyclic amines) is 1. The van der Waals surface area contributed by atoms with E-state index in [2.05, 4.69) is 58.1 Å². The number of amides is 1. The second-order valence-electron chi connectivity index (χ2n) is 13.2. The Kier molecular flexibility index (Phi) is 7.55. The molecule has 0 bridgehead atoms. The predicted octanol–water partition coefficient (Wildman–Crippen LogP) is 4.53. The fourth-order valence-electron chi connectivity index (χ4n) is 7.73. The summed E-state index contributed by atoms with van der Waals surface area (Å²) in [5.41, 5.74) is 6.52. The molecule has 4 aromatic rings. The third-order valence-electron chi connectivity index (χ3n) is 10.3. The molecule has 1 aromatic carbocycles. The SMILES string of the molecule is CC(=O)N1CCc2c(c(-c3cccc4cc(-c5cnn(C)c5)ncc34)nn2C2CCN(CC3C(C)CNCC3C)CC2)C1. The van der Waals surface area contributed by atoms with Crippen LogP contribution in [0, 0.1) is 17.8 Å². The number of carbonyl (C=O) groups is 1. The van der Waals surface area contributed by atoms with Crippen LogP contribution in [0.25, 0.3) is 33.3 Å². The molecule has 1 amide bonds. The minimum atomic E-state index is 0.125. The summed E-state index contributed by atoms with van der Waals surface area (Å²) in [5, 5.41) is 15.5. The maximum absolute atomic E-state index is 12.5. The Morgan fingerprint density at radius 2 is 1.86 bits per heavy atom. The van der Waals surface area contributed by atoms with Crippen molar-refractivity contribution in [1.82, 2.24) is 39.7 Å². The molecule has 3 aliphatic heterocycles. The highest BCUT2D eigenvalue weighted by molar-refractivity contribution is 5.97. The summed E-state index contributed by atoms with van der Waals surface area (Å²) in [4.78, 5) is 22.0. The van der Waals surface area contributed by atoms with Crippen molar-refractivity contribution in [3.05, 3.63) is 54.1 Å². The molecule has 3 aromatic heterocycles. The number of carbonyl (C=O) groups excluding carboxylic acids is 1. The second kappa shape index (κ2) is 11.5. The molecular weight excluding hydrogens is 536 g/mol. The summed E-state index contributed by atoms with van der Waals surface area (Å²) < 4.78 is 4.15. The summed E-state index contributed by atoms with van der Waals surface area (Å²) >= 11 is 0. The Hall–Kier alpha value is -3.56. The summed E-state index contributed by atoms with van der Waals surface area (Å²) in [6, 6.07) is 8.95. The molecule has 0 radical (unpaired) electrons. The van der Waals surface area contributed by atoms with Gasteiger partial charge in [-0.3, -0.25) is 19.1 Å². The zero-order chi connectivity index (χ0) is 29.7. The van der Waals surface area contributed by atoms with E-state index in [-0.39, 0.29) is 5.91 Å². The molecule has 0 spiro atoms. The van der Waals surface area contributed by atoms with E-state index < -0.39 is 0 Å². The Morgan fingerprint density at radius 1 is 1.07 bits per heavy atom. The number of fused-ring (bicyclic) bond motifs is 2. The Balaban J connectivity index is 1.19. The zero-order valence-electron chi connectivity index (χ0n) is 26.0. The fraction of sp³-hybridized carbons (Fsp3) is 0.529. The maximum atomic E-state index is 12.5. The molecule has 7 rings (SSSR count). The smallest absolute Gasteiger partial charge is 0.219 e. The van der Waals surface area contributed by atoms with E-state index in [0.717, 1.165) is 103 Å². The van der Waals surface area contributed by atoms with Crippen LogP contribution in [0.5, 0.6) is 0 Å². The lowest BCUT2D eigenvalue weighted by Gasteiger charge is -2.41. The quantitative estimate of drug-likeness (QED) is 0.374. The third-order valence-corrected chi connectivity index (χ3v) is 10.3. The van der Waals surface area contributed by atoms with E-state index in [0.29, 0.717) is 12.6 Å². The van der Waals surface area contributed by atoms with E-state index in [1.807, 2.05) is 30.5 Å². The van der Waals surface area contributed by atoms with Gasteiger partial charge in [0.25, 0.3) is 0 Å². The average Bonchev–Trinajstić information content (AvgIpc) is 3.62. The van der Waals surface area contributed by atoms with Crippen molar-refractivity contribution in [1.29, 1.82) is 0 Å². The van der Waals surface area contributed by atoms with Gasteiger partial charge in [0.05, 0.1) is 23.6 Å². The first kappa shape index (κ1) is 28.2. The lowest BCUT2D eigenvalue weighted by Crippen LogP contribution is -2.47. The number of benzene rings is 1. The van der Waals surface area contributed by atoms with Crippen LogP contribution < -0.4 is 5.32 Å². The largest absolute Gasteiger partial charge is 0.338 e. The predicted molar refractivity (Wildman–Crippen MR) is 169 cm³/mol. The molecule has 2 atom stereocenters. The number of aryl methyl sites for hydroxylation is 1. The molecule has 2 fully saturated rings. The van der Waals surface area contributed by atoms with Crippen molar-refractivity contribution in [2.75, 3.05) is 39.3 Å². The maximum Gasteiger partial charge on any atom is 0.219 e. The van der Waals surface area contributed by atoms with Gasteiger partial charge in [-0.05, 0) is 55.1 Å². The van der Waals surface area contributed by atoms with Gasteiger partial charge in [0.2, 0.25) is 5.91 Å². The minimum absolute atomic E-state index is 0.125. The average molecular weight is 581 g/mol. The molecule has 9 nitrogen and oxygen atoms in total. The van der Waals surface area contributed by atoms with Gasteiger partial charge in [-0.15, -0.1) is 0 Å². The molecule has 2 saturated heterocycles. The second-order valence-corrected chi connectivity index (χ2v) is 13.2. The number of pyridine rings is 1. The molecule has 1 N–H and O–H groups in total. The molecule has 3 aliphatic rings. The van der Waals surface area contributed by atoms with Gasteiger partial charge in [0, 0.05) is 93.3 Å². The van der Waals surface area contributed by atoms with Crippen molar-refractivity contribution in [3.8, 4) is 22.5 Å². The van der Waals surface area contributed by atoms with Gasteiger partial charge in [-0.1, -0.05) is 32.0 Å². The summed E-state index contributed by atoms with van der Waals surface area (Å²) in [6.07, 6.45) is 8.90. The van der Waals surface area contributed by atoms with Crippen LogP contribution in [0.4, 0.5) is 0 Å². The number of nitrogens with zero attached hydrogens (tertiary/aromatic N) is 7. The van der Waals surface area contributed by atoms with Crippen LogP contribution >= 0.6 is 0 Å². The lowest BCUT2D eigenvalue weighted by molar-refractivity contribution is -0.129. The molecule has 2 unspecified atom stereocenters. The normalized spacial score (nSPS) is 23.5. The van der Waals surface area contributed by atoms with Gasteiger partial charge in [-0.2, -0.15) is 10.2 Å². The van der Waals surface area contributed by atoms with Crippen LogP contribution in [-0.4, -0.2) is 79.5 Å². The molecule has 9 heteroatoms. The van der Waals surface area contributed by atoms with Gasteiger partial charge in [0.15, 0.2) is 0 Å².